The number of aliphatic carboxylic acids is 1. The summed E-state index contributed by atoms with van der Waals surface area (Å²) < 4.78 is 5.04. The van der Waals surface area contributed by atoms with E-state index in [-0.39, 0.29) is 19.0 Å². The van der Waals surface area contributed by atoms with Crippen LogP contribution in [-0.2, 0) is 11.3 Å². The van der Waals surface area contributed by atoms with Crippen LogP contribution in [0.5, 0.6) is 5.75 Å². The Labute approximate surface area is 94.7 Å². The molecule has 0 amide bonds. The van der Waals surface area contributed by atoms with E-state index in [4.69, 9.17) is 9.84 Å². The van der Waals surface area contributed by atoms with E-state index in [1.54, 1.807) is 7.11 Å². The van der Waals surface area contributed by atoms with Crippen molar-refractivity contribution in [3.8, 4) is 5.75 Å². The fraction of sp³-hybridized carbons (Fsp3) is 0.300. The number of carbonyl (C=O) groups is 1. The highest BCUT2D eigenvalue weighted by Gasteiger charge is 1.97. The summed E-state index contributed by atoms with van der Waals surface area (Å²) in [5.41, 5.74) is 1.01. The number of hydrogen-bond acceptors (Lipinski definition) is 3. The van der Waals surface area contributed by atoms with Crippen LogP contribution in [0.4, 0.5) is 0 Å². The Bertz CT molecular complexity index is 317. The molecule has 2 N–H and O–H groups in total. The van der Waals surface area contributed by atoms with Crippen LogP contribution >= 0.6 is 12.4 Å². The molecule has 0 aromatic heterocycles. The summed E-state index contributed by atoms with van der Waals surface area (Å²) in [4.78, 5) is 10.2. The number of carboxylic acids is 1. The predicted octanol–water partition coefficient (Wildman–Crippen LogP) is 1.29. The molecule has 0 heterocycles. The molecule has 5 heteroatoms. The van der Waals surface area contributed by atoms with E-state index in [0.717, 1.165) is 11.3 Å². The van der Waals surface area contributed by atoms with Gasteiger partial charge in [0.2, 0.25) is 0 Å². The molecular weight excluding hydrogens is 218 g/mol. The highest BCUT2D eigenvalue weighted by Crippen LogP contribution is 2.11. The molecule has 0 bridgehead atoms. The molecule has 1 aromatic carbocycles. The fourth-order valence-electron chi connectivity index (χ4n) is 1.10. The number of hydrogen-bond donors (Lipinski definition) is 2. The largest absolute Gasteiger partial charge is 0.497 e. The second-order valence-electron chi connectivity index (χ2n) is 2.85. The lowest BCUT2D eigenvalue weighted by atomic mass is 10.2. The van der Waals surface area contributed by atoms with Crippen molar-refractivity contribution in [3.05, 3.63) is 29.8 Å². The Hall–Kier alpha value is -1.26. The van der Waals surface area contributed by atoms with Crippen LogP contribution < -0.4 is 10.1 Å². The second-order valence-corrected chi connectivity index (χ2v) is 2.85. The first-order valence-electron chi connectivity index (χ1n) is 4.28. The SMILES string of the molecule is COc1cccc(CNCC(=O)O)c1.Cl. The Morgan fingerprint density at radius 3 is 2.87 bits per heavy atom. The monoisotopic (exact) mass is 231 g/mol. The Balaban J connectivity index is 0.00000196. The van der Waals surface area contributed by atoms with E-state index < -0.39 is 5.97 Å². The van der Waals surface area contributed by atoms with Gasteiger partial charge in [-0.15, -0.1) is 12.4 Å². The minimum atomic E-state index is -0.854. The first-order chi connectivity index (χ1) is 6.72. The molecule has 0 saturated heterocycles. The van der Waals surface area contributed by atoms with Crippen molar-refractivity contribution < 1.29 is 14.6 Å². The minimum absolute atomic E-state index is 0. The van der Waals surface area contributed by atoms with Gasteiger partial charge < -0.3 is 15.2 Å². The molecule has 0 radical (unpaired) electrons. The van der Waals surface area contributed by atoms with Crippen molar-refractivity contribution in [2.75, 3.05) is 13.7 Å². The van der Waals surface area contributed by atoms with Crippen molar-refractivity contribution in [1.82, 2.24) is 5.32 Å². The lowest BCUT2D eigenvalue weighted by molar-refractivity contribution is -0.135. The van der Waals surface area contributed by atoms with Crippen LogP contribution in [0.15, 0.2) is 24.3 Å². The fourth-order valence-corrected chi connectivity index (χ4v) is 1.10. The minimum Gasteiger partial charge on any atom is -0.497 e. The number of nitrogens with one attached hydrogen (secondary N) is 1. The van der Waals surface area contributed by atoms with Gasteiger partial charge in [0.15, 0.2) is 0 Å². The zero-order valence-electron chi connectivity index (χ0n) is 8.40. The summed E-state index contributed by atoms with van der Waals surface area (Å²) in [6, 6.07) is 7.50. The maximum atomic E-state index is 10.2. The summed E-state index contributed by atoms with van der Waals surface area (Å²) in [6.07, 6.45) is 0. The average Bonchev–Trinajstić information content (AvgIpc) is 2.18. The summed E-state index contributed by atoms with van der Waals surface area (Å²) in [6.45, 7) is 0.501. The number of benzene rings is 1. The van der Waals surface area contributed by atoms with Crippen molar-refractivity contribution in [2.45, 2.75) is 6.54 Å². The zero-order chi connectivity index (χ0) is 10.4. The van der Waals surface area contributed by atoms with E-state index in [1.165, 1.54) is 0 Å². The van der Waals surface area contributed by atoms with Gasteiger partial charge in [-0.25, -0.2) is 0 Å². The zero-order valence-corrected chi connectivity index (χ0v) is 9.21. The molecular formula is C10H14ClNO3. The smallest absolute Gasteiger partial charge is 0.317 e. The van der Waals surface area contributed by atoms with Gasteiger partial charge in [-0.05, 0) is 17.7 Å². The number of methoxy groups -OCH3 is 1. The second kappa shape index (κ2) is 7.09. The van der Waals surface area contributed by atoms with Gasteiger partial charge in [-0.2, -0.15) is 0 Å². The standard InChI is InChI=1S/C10H13NO3.ClH/c1-14-9-4-2-3-8(5-9)6-11-7-10(12)13;/h2-5,11H,6-7H2,1H3,(H,12,13);1H. The summed E-state index contributed by atoms with van der Waals surface area (Å²) in [7, 11) is 1.60. The van der Waals surface area contributed by atoms with E-state index in [9.17, 15) is 4.79 Å². The van der Waals surface area contributed by atoms with Crippen molar-refractivity contribution in [1.29, 1.82) is 0 Å². The van der Waals surface area contributed by atoms with Crippen LogP contribution in [0.3, 0.4) is 0 Å². The molecule has 1 aromatic rings. The third-order valence-electron chi connectivity index (χ3n) is 1.74. The molecule has 0 unspecified atom stereocenters. The van der Waals surface area contributed by atoms with Gasteiger partial charge in [0.1, 0.15) is 5.75 Å². The van der Waals surface area contributed by atoms with E-state index >= 15 is 0 Å². The topological polar surface area (TPSA) is 58.6 Å². The van der Waals surface area contributed by atoms with Crippen molar-refractivity contribution in [2.24, 2.45) is 0 Å². The van der Waals surface area contributed by atoms with Crippen LogP contribution in [0.2, 0.25) is 0 Å². The number of halogens is 1. The molecule has 0 atom stereocenters. The van der Waals surface area contributed by atoms with Gasteiger partial charge in [-0.3, -0.25) is 4.79 Å². The maximum Gasteiger partial charge on any atom is 0.317 e. The average molecular weight is 232 g/mol. The summed E-state index contributed by atoms with van der Waals surface area (Å²) in [5.74, 6) is -0.0764. The third-order valence-corrected chi connectivity index (χ3v) is 1.74. The van der Waals surface area contributed by atoms with Gasteiger partial charge in [0, 0.05) is 6.54 Å². The molecule has 84 valence electrons. The lowest BCUT2D eigenvalue weighted by Crippen LogP contribution is -2.21. The third kappa shape index (κ3) is 5.24. The van der Waals surface area contributed by atoms with Crippen molar-refractivity contribution in [3.63, 3.8) is 0 Å². The molecule has 0 aliphatic heterocycles. The Kier molecular flexibility index (Phi) is 6.49. The Morgan fingerprint density at radius 2 is 2.27 bits per heavy atom. The molecule has 0 spiro atoms. The molecule has 0 aliphatic carbocycles. The van der Waals surface area contributed by atoms with E-state index in [2.05, 4.69) is 5.32 Å². The number of ether oxygens (including phenoxy) is 1. The first kappa shape index (κ1) is 13.7. The molecule has 15 heavy (non-hydrogen) atoms. The molecule has 1 rings (SSSR count). The van der Waals surface area contributed by atoms with Gasteiger partial charge in [0.25, 0.3) is 0 Å². The van der Waals surface area contributed by atoms with E-state index in [0.29, 0.717) is 6.54 Å². The molecule has 0 saturated carbocycles. The van der Waals surface area contributed by atoms with Crippen LogP contribution in [0, 0.1) is 0 Å². The van der Waals surface area contributed by atoms with Gasteiger partial charge >= 0.3 is 5.97 Å². The normalized spacial score (nSPS) is 9.13. The molecule has 0 aliphatic rings. The van der Waals surface area contributed by atoms with Crippen LogP contribution in [-0.4, -0.2) is 24.7 Å². The number of rotatable bonds is 5. The van der Waals surface area contributed by atoms with Crippen molar-refractivity contribution >= 4 is 18.4 Å². The highest BCUT2D eigenvalue weighted by molar-refractivity contribution is 5.85. The van der Waals surface area contributed by atoms with Crippen LogP contribution in [0.1, 0.15) is 5.56 Å². The maximum absolute atomic E-state index is 10.2. The van der Waals surface area contributed by atoms with Crippen LogP contribution in [0.25, 0.3) is 0 Å². The summed E-state index contributed by atoms with van der Waals surface area (Å²) >= 11 is 0. The van der Waals surface area contributed by atoms with Gasteiger partial charge in [0.05, 0.1) is 13.7 Å². The van der Waals surface area contributed by atoms with Gasteiger partial charge in [-0.1, -0.05) is 12.1 Å². The van der Waals surface area contributed by atoms with E-state index in [1.807, 2.05) is 24.3 Å². The quantitative estimate of drug-likeness (QED) is 0.802. The lowest BCUT2D eigenvalue weighted by Gasteiger charge is -2.04. The Morgan fingerprint density at radius 1 is 1.53 bits per heavy atom. The highest BCUT2D eigenvalue weighted by atomic mass is 35.5. The number of carboxylic acid groups (broad SMARTS) is 1. The first-order valence-corrected chi connectivity index (χ1v) is 4.28. The molecule has 4 nitrogen and oxygen atoms in total. The molecule has 0 fully saturated rings. The summed E-state index contributed by atoms with van der Waals surface area (Å²) in [5, 5.41) is 11.2. The predicted molar refractivity (Wildman–Crippen MR) is 59.6 cm³/mol.